The Labute approximate surface area is 92.0 Å². The van der Waals surface area contributed by atoms with E-state index in [0.29, 0.717) is 13.2 Å². The standard InChI is InChI=1S/C13H20O2/c1-5-11-10(2)8-13(9-12(11,3)4)14-6-7-15-13/h5,8H,6-7,9H2,1-4H3. The van der Waals surface area contributed by atoms with Crippen LogP contribution >= 0.6 is 0 Å². The van der Waals surface area contributed by atoms with Crippen molar-refractivity contribution < 1.29 is 9.47 Å². The van der Waals surface area contributed by atoms with Crippen LogP contribution in [0.3, 0.4) is 0 Å². The summed E-state index contributed by atoms with van der Waals surface area (Å²) in [5.74, 6) is -0.444. The van der Waals surface area contributed by atoms with Crippen LogP contribution in [0.2, 0.25) is 0 Å². The SMILES string of the molecule is CC=C1C(C)=CC2(CC1(C)C)OCCO2. The highest BCUT2D eigenvalue weighted by Gasteiger charge is 2.44. The quantitative estimate of drug-likeness (QED) is 0.609. The van der Waals surface area contributed by atoms with Crippen molar-refractivity contribution in [3.05, 3.63) is 23.3 Å². The summed E-state index contributed by atoms with van der Waals surface area (Å²) in [4.78, 5) is 0. The van der Waals surface area contributed by atoms with Crippen LogP contribution in [0.4, 0.5) is 0 Å². The van der Waals surface area contributed by atoms with Crippen molar-refractivity contribution in [2.24, 2.45) is 5.41 Å². The molecule has 1 spiro atoms. The molecule has 2 aliphatic rings. The molecule has 0 N–H and O–H groups in total. The Balaban J connectivity index is 2.40. The second-order valence-electron chi connectivity index (χ2n) is 5.10. The Kier molecular flexibility index (Phi) is 2.52. The van der Waals surface area contributed by atoms with Crippen molar-refractivity contribution >= 4 is 0 Å². The highest BCUT2D eigenvalue weighted by Crippen LogP contribution is 2.47. The van der Waals surface area contributed by atoms with E-state index >= 15 is 0 Å². The first-order valence-electron chi connectivity index (χ1n) is 5.64. The molecule has 0 unspecified atom stereocenters. The van der Waals surface area contributed by atoms with Crippen LogP contribution in [0.1, 0.15) is 34.1 Å². The molecule has 1 aliphatic heterocycles. The van der Waals surface area contributed by atoms with Gasteiger partial charge in [0, 0.05) is 6.42 Å². The number of hydrogen-bond acceptors (Lipinski definition) is 2. The fourth-order valence-corrected chi connectivity index (χ4v) is 2.98. The van der Waals surface area contributed by atoms with Crippen molar-refractivity contribution in [3.8, 4) is 0 Å². The molecule has 2 rings (SSSR count). The van der Waals surface area contributed by atoms with Crippen molar-refractivity contribution in [3.63, 3.8) is 0 Å². The second-order valence-corrected chi connectivity index (χ2v) is 5.10. The zero-order chi connectivity index (χ0) is 11.1. The van der Waals surface area contributed by atoms with Crippen LogP contribution < -0.4 is 0 Å². The lowest BCUT2D eigenvalue weighted by Crippen LogP contribution is -2.39. The molecule has 0 amide bonds. The smallest absolute Gasteiger partial charge is 0.189 e. The van der Waals surface area contributed by atoms with Gasteiger partial charge >= 0.3 is 0 Å². The largest absolute Gasteiger partial charge is 0.344 e. The number of allylic oxidation sites excluding steroid dienone is 3. The first-order valence-corrected chi connectivity index (χ1v) is 5.64. The average molecular weight is 208 g/mol. The molecule has 2 heteroatoms. The molecule has 0 atom stereocenters. The molecule has 1 fully saturated rings. The van der Waals surface area contributed by atoms with Gasteiger partial charge in [-0.2, -0.15) is 0 Å². The maximum Gasteiger partial charge on any atom is 0.189 e. The lowest BCUT2D eigenvalue weighted by Gasteiger charge is -2.41. The van der Waals surface area contributed by atoms with Crippen molar-refractivity contribution in [1.82, 2.24) is 0 Å². The fraction of sp³-hybridized carbons (Fsp3) is 0.692. The van der Waals surface area contributed by atoms with Crippen LogP contribution in [0.15, 0.2) is 23.3 Å². The predicted molar refractivity (Wildman–Crippen MR) is 60.5 cm³/mol. The summed E-state index contributed by atoms with van der Waals surface area (Å²) in [5.41, 5.74) is 2.83. The average Bonchev–Trinajstić information content (AvgIpc) is 2.50. The Morgan fingerprint density at radius 1 is 1.27 bits per heavy atom. The molecule has 0 radical (unpaired) electrons. The number of rotatable bonds is 0. The first-order chi connectivity index (χ1) is 6.99. The Hall–Kier alpha value is -0.600. The third-order valence-corrected chi connectivity index (χ3v) is 3.34. The highest BCUT2D eigenvalue weighted by molar-refractivity contribution is 5.39. The zero-order valence-corrected chi connectivity index (χ0v) is 10.1. The van der Waals surface area contributed by atoms with E-state index in [1.807, 2.05) is 0 Å². The van der Waals surface area contributed by atoms with E-state index in [1.165, 1.54) is 11.1 Å². The molecule has 1 heterocycles. The van der Waals surface area contributed by atoms with E-state index in [0.717, 1.165) is 6.42 Å². The molecule has 15 heavy (non-hydrogen) atoms. The third kappa shape index (κ3) is 1.77. The molecule has 1 aliphatic carbocycles. The van der Waals surface area contributed by atoms with Crippen molar-refractivity contribution in [2.75, 3.05) is 13.2 Å². The van der Waals surface area contributed by atoms with E-state index < -0.39 is 5.79 Å². The van der Waals surface area contributed by atoms with Crippen LogP contribution in [0.5, 0.6) is 0 Å². The maximum absolute atomic E-state index is 5.75. The van der Waals surface area contributed by atoms with E-state index in [-0.39, 0.29) is 5.41 Å². The van der Waals surface area contributed by atoms with Gasteiger partial charge in [0.15, 0.2) is 5.79 Å². The van der Waals surface area contributed by atoms with Crippen LogP contribution in [0.25, 0.3) is 0 Å². The molecule has 1 saturated heterocycles. The summed E-state index contributed by atoms with van der Waals surface area (Å²) >= 11 is 0. The Bertz CT molecular complexity index is 317. The van der Waals surface area contributed by atoms with E-state index in [2.05, 4.69) is 39.8 Å². The fourth-order valence-electron chi connectivity index (χ4n) is 2.98. The molecular formula is C13H20O2. The van der Waals surface area contributed by atoms with Gasteiger partial charge in [0.1, 0.15) is 0 Å². The minimum Gasteiger partial charge on any atom is -0.344 e. The van der Waals surface area contributed by atoms with E-state index in [1.54, 1.807) is 0 Å². The summed E-state index contributed by atoms with van der Waals surface area (Å²) in [5, 5.41) is 0. The maximum atomic E-state index is 5.75. The lowest BCUT2D eigenvalue weighted by atomic mass is 9.71. The molecule has 0 aromatic rings. The van der Waals surface area contributed by atoms with Gasteiger partial charge in [0.2, 0.25) is 0 Å². The first kappa shape index (κ1) is 10.9. The van der Waals surface area contributed by atoms with E-state index in [9.17, 15) is 0 Å². The molecule has 2 nitrogen and oxygen atoms in total. The van der Waals surface area contributed by atoms with Gasteiger partial charge in [-0.15, -0.1) is 0 Å². The van der Waals surface area contributed by atoms with Gasteiger partial charge in [0.25, 0.3) is 0 Å². The summed E-state index contributed by atoms with van der Waals surface area (Å²) < 4.78 is 11.5. The Morgan fingerprint density at radius 3 is 2.33 bits per heavy atom. The summed E-state index contributed by atoms with van der Waals surface area (Å²) in [6.45, 7) is 10.2. The van der Waals surface area contributed by atoms with Crippen LogP contribution in [-0.4, -0.2) is 19.0 Å². The summed E-state index contributed by atoms with van der Waals surface area (Å²) in [6, 6.07) is 0. The monoisotopic (exact) mass is 208 g/mol. The van der Waals surface area contributed by atoms with Crippen molar-refractivity contribution in [1.29, 1.82) is 0 Å². The van der Waals surface area contributed by atoms with Crippen LogP contribution in [-0.2, 0) is 9.47 Å². The van der Waals surface area contributed by atoms with Gasteiger partial charge in [-0.25, -0.2) is 0 Å². The molecule has 0 aromatic carbocycles. The zero-order valence-electron chi connectivity index (χ0n) is 10.1. The van der Waals surface area contributed by atoms with Crippen LogP contribution in [0, 0.1) is 5.41 Å². The lowest BCUT2D eigenvalue weighted by molar-refractivity contribution is -0.139. The minimum atomic E-state index is -0.444. The van der Waals surface area contributed by atoms with Crippen molar-refractivity contribution in [2.45, 2.75) is 39.9 Å². The normalized spacial score (nSPS) is 30.9. The van der Waals surface area contributed by atoms with E-state index in [4.69, 9.17) is 9.47 Å². The molecule has 0 bridgehead atoms. The summed E-state index contributed by atoms with van der Waals surface area (Å²) in [6.07, 6.45) is 5.26. The molecular weight excluding hydrogens is 188 g/mol. The van der Waals surface area contributed by atoms with Gasteiger partial charge in [-0.1, -0.05) is 19.9 Å². The molecule has 84 valence electrons. The molecule has 0 saturated carbocycles. The van der Waals surface area contributed by atoms with Gasteiger partial charge in [0.05, 0.1) is 13.2 Å². The highest BCUT2D eigenvalue weighted by atomic mass is 16.7. The van der Waals surface area contributed by atoms with Gasteiger partial charge < -0.3 is 9.47 Å². The Morgan fingerprint density at radius 2 is 1.87 bits per heavy atom. The second kappa shape index (κ2) is 3.46. The minimum absolute atomic E-state index is 0.137. The predicted octanol–water partition coefficient (Wildman–Crippen LogP) is 3.05. The summed E-state index contributed by atoms with van der Waals surface area (Å²) in [7, 11) is 0. The topological polar surface area (TPSA) is 18.5 Å². The number of ether oxygens (including phenoxy) is 2. The molecule has 0 aromatic heterocycles. The van der Waals surface area contributed by atoms with Gasteiger partial charge in [-0.05, 0) is 36.5 Å². The number of hydrogen-bond donors (Lipinski definition) is 0. The third-order valence-electron chi connectivity index (χ3n) is 3.34. The van der Waals surface area contributed by atoms with Gasteiger partial charge in [-0.3, -0.25) is 0 Å².